The molecule has 10 heteroatoms. The van der Waals surface area contributed by atoms with Gasteiger partial charge in [0.15, 0.2) is 5.69 Å². The van der Waals surface area contributed by atoms with E-state index in [-0.39, 0.29) is 35.7 Å². The molecular weight excluding hydrogens is 372 g/mol. The topological polar surface area (TPSA) is 115 Å². The first kappa shape index (κ1) is 19.2. The van der Waals surface area contributed by atoms with Crippen molar-refractivity contribution in [2.45, 2.75) is 50.7 Å². The summed E-state index contributed by atoms with van der Waals surface area (Å²) in [6, 6.07) is 7.22. The number of carbonyl (C=O) groups excluding carboxylic acids is 1. The summed E-state index contributed by atoms with van der Waals surface area (Å²) in [5, 5.41) is 25.6. The van der Waals surface area contributed by atoms with Crippen LogP contribution in [-0.2, 0) is 0 Å². The third kappa shape index (κ3) is 3.79. The van der Waals surface area contributed by atoms with E-state index in [1.807, 2.05) is 0 Å². The van der Waals surface area contributed by atoms with Gasteiger partial charge in [-0.25, -0.2) is 4.68 Å². The van der Waals surface area contributed by atoms with Crippen LogP contribution in [0.15, 0.2) is 24.3 Å². The van der Waals surface area contributed by atoms with E-state index in [9.17, 15) is 14.9 Å². The number of nitrogens with zero attached hydrogens (tertiary/aromatic N) is 4. The molecule has 1 aromatic heterocycles. The van der Waals surface area contributed by atoms with Crippen molar-refractivity contribution in [3.63, 3.8) is 0 Å². The first-order chi connectivity index (χ1) is 12.5. The fraction of sp³-hybridized carbons (Fsp3) is 0.471. The number of carbonyl (C=O) groups is 1. The average Bonchev–Trinajstić information content (AvgIpc) is 3.17. The van der Waals surface area contributed by atoms with Crippen LogP contribution in [0.5, 0.6) is 0 Å². The van der Waals surface area contributed by atoms with Gasteiger partial charge in [-0.2, -0.15) is 0 Å². The minimum Gasteiger partial charge on any atom is -0.348 e. The molecule has 4 rings (SSSR count). The van der Waals surface area contributed by atoms with Gasteiger partial charge in [0.05, 0.1) is 16.3 Å². The Balaban J connectivity index is 0.00000210. The van der Waals surface area contributed by atoms with Gasteiger partial charge in [0.25, 0.3) is 11.6 Å². The Labute approximate surface area is 162 Å². The minimum absolute atomic E-state index is 0. The molecule has 1 amide bonds. The number of hydrogen-bond acceptors (Lipinski definition) is 6. The standard InChI is InChI=1S/C17H20N6O3.ClH/c1-10-16(17(24)19-13-7-11-5-6-12(8-13)18-11)20-21-22(10)14-3-2-4-15(9-14)23(25)26;/h2-4,9,11-13,18H,5-8H2,1H3,(H,19,24);1H. The van der Waals surface area contributed by atoms with Crippen LogP contribution < -0.4 is 10.6 Å². The van der Waals surface area contributed by atoms with Gasteiger partial charge in [0, 0.05) is 30.3 Å². The van der Waals surface area contributed by atoms with Gasteiger partial charge in [-0.3, -0.25) is 14.9 Å². The quantitative estimate of drug-likeness (QED) is 0.606. The molecule has 2 bridgehead atoms. The SMILES string of the molecule is Cc1c(C(=O)NC2CC3CCC(C2)N3)nnn1-c1cccc([N+](=O)[O-])c1.Cl. The number of nitro groups is 1. The summed E-state index contributed by atoms with van der Waals surface area (Å²) in [5.41, 5.74) is 1.28. The molecule has 0 saturated carbocycles. The number of fused-ring (bicyclic) bond motifs is 2. The summed E-state index contributed by atoms with van der Waals surface area (Å²) >= 11 is 0. The fourth-order valence-corrected chi connectivity index (χ4v) is 3.95. The maximum absolute atomic E-state index is 12.6. The monoisotopic (exact) mass is 392 g/mol. The number of rotatable bonds is 4. The minimum atomic E-state index is -0.464. The molecule has 0 radical (unpaired) electrons. The van der Waals surface area contributed by atoms with Crippen LogP contribution in [0.25, 0.3) is 5.69 Å². The van der Waals surface area contributed by atoms with Crippen molar-refractivity contribution in [2.24, 2.45) is 0 Å². The Hall–Kier alpha value is -2.52. The first-order valence-electron chi connectivity index (χ1n) is 8.75. The summed E-state index contributed by atoms with van der Waals surface area (Å²) in [7, 11) is 0. The summed E-state index contributed by atoms with van der Waals surface area (Å²) < 4.78 is 1.45. The van der Waals surface area contributed by atoms with Crippen molar-refractivity contribution in [3.8, 4) is 5.69 Å². The molecule has 2 atom stereocenters. The van der Waals surface area contributed by atoms with Crippen LogP contribution in [0.3, 0.4) is 0 Å². The molecule has 2 unspecified atom stereocenters. The molecular formula is C17H21ClN6O3. The maximum Gasteiger partial charge on any atom is 0.273 e. The smallest absolute Gasteiger partial charge is 0.273 e. The van der Waals surface area contributed by atoms with Crippen molar-refractivity contribution >= 4 is 24.0 Å². The summed E-state index contributed by atoms with van der Waals surface area (Å²) in [6.45, 7) is 1.74. The molecule has 144 valence electrons. The zero-order valence-electron chi connectivity index (χ0n) is 14.8. The van der Waals surface area contributed by atoms with Crippen molar-refractivity contribution < 1.29 is 9.72 Å². The van der Waals surface area contributed by atoms with E-state index in [2.05, 4.69) is 20.9 Å². The van der Waals surface area contributed by atoms with Gasteiger partial charge in [-0.15, -0.1) is 17.5 Å². The number of amides is 1. The molecule has 0 aliphatic carbocycles. The predicted molar refractivity (Wildman–Crippen MR) is 100 cm³/mol. The molecule has 1 aromatic carbocycles. The Kier molecular flexibility index (Phi) is 5.43. The first-order valence-corrected chi connectivity index (χ1v) is 8.75. The third-order valence-corrected chi connectivity index (χ3v) is 5.20. The highest BCUT2D eigenvalue weighted by atomic mass is 35.5. The van der Waals surface area contributed by atoms with Gasteiger partial charge < -0.3 is 10.6 Å². The Morgan fingerprint density at radius 1 is 1.33 bits per heavy atom. The lowest BCUT2D eigenvalue weighted by Crippen LogP contribution is -2.48. The van der Waals surface area contributed by atoms with Crippen LogP contribution in [0.1, 0.15) is 41.9 Å². The zero-order chi connectivity index (χ0) is 18.3. The largest absolute Gasteiger partial charge is 0.348 e. The van der Waals surface area contributed by atoms with Crippen molar-refractivity contribution in [2.75, 3.05) is 0 Å². The predicted octanol–water partition coefficient (Wildman–Crippen LogP) is 1.92. The molecule has 0 spiro atoms. The number of non-ortho nitro benzene ring substituents is 1. The van der Waals surface area contributed by atoms with Gasteiger partial charge in [-0.05, 0) is 38.7 Å². The van der Waals surface area contributed by atoms with Crippen LogP contribution >= 0.6 is 12.4 Å². The second-order valence-corrected chi connectivity index (χ2v) is 6.99. The molecule has 2 aliphatic heterocycles. The molecule has 2 aromatic rings. The van der Waals surface area contributed by atoms with Crippen molar-refractivity contribution in [1.29, 1.82) is 0 Å². The lowest BCUT2D eigenvalue weighted by atomic mass is 9.99. The molecule has 3 heterocycles. The number of benzene rings is 1. The highest BCUT2D eigenvalue weighted by Gasteiger charge is 2.34. The maximum atomic E-state index is 12.6. The number of halogens is 1. The zero-order valence-corrected chi connectivity index (χ0v) is 15.6. The van der Waals surface area contributed by atoms with Crippen LogP contribution in [0, 0.1) is 17.0 Å². The molecule has 2 aliphatic rings. The summed E-state index contributed by atoms with van der Waals surface area (Å²) in [5.74, 6) is -0.245. The van der Waals surface area contributed by atoms with Gasteiger partial charge in [0.1, 0.15) is 0 Å². The fourth-order valence-electron chi connectivity index (χ4n) is 3.95. The van der Waals surface area contributed by atoms with Gasteiger partial charge in [0.2, 0.25) is 0 Å². The second-order valence-electron chi connectivity index (χ2n) is 6.99. The van der Waals surface area contributed by atoms with Crippen LogP contribution in [0.2, 0.25) is 0 Å². The molecule has 2 saturated heterocycles. The van der Waals surface area contributed by atoms with Crippen LogP contribution in [-0.4, -0.2) is 43.9 Å². The number of hydrogen-bond donors (Lipinski definition) is 2. The molecule has 2 N–H and O–H groups in total. The van der Waals surface area contributed by atoms with E-state index in [0.29, 0.717) is 23.5 Å². The lowest BCUT2D eigenvalue weighted by molar-refractivity contribution is -0.384. The van der Waals surface area contributed by atoms with E-state index in [1.54, 1.807) is 19.1 Å². The number of piperidine rings is 1. The number of nitro benzene ring substituents is 1. The molecule has 9 nitrogen and oxygen atoms in total. The lowest BCUT2D eigenvalue weighted by Gasteiger charge is -2.29. The second kappa shape index (κ2) is 7.61. The van der Waals surface area contributed by atoms with E-state index in [0.717, 1.165) is 12.8 Å². The Morgan fingerprint density at radius 2 is 2.04 bits per heavy atom. The average molecular weight is 393 g/mol. The van der Waals surface area contributed by atoms with Crippen molar-refractivity contribution in [1.82, 2.24) is 25.6 Å². The van der Waals surface area contributed by atoms with Gasteiger partial charge in [-0.1, -0.05) is 11.3 Å². The van der Waals surface area contributed by atoms with E-state index >= 15 is 0 Å². The normalized spacial score (nSPS) is 23.5. The van der Waals surface area contributed by atoms with Crippen molar-refractivity contribution in [3.05, 3.63) is 45.8 Å². The van der Waals surface area contributed by atoms with E-state index in [4.69, 9.17) is 0 Å². The number of aromatic nitrogens is 3. The molecule has 2 fully saturated rings. The Morgan fingerprint density at radius 3 is 2.70 bits per heavy atom. The molecule has 27 heavy (non-hydrogen) atoms. The highest BCUT2D eigenvalue weighted by molar-refractivity contribution is 5.93. The highest BCUT2D eigenvalue weighted by Crippen LogP contribution is 2.27. The summed E-state index contributed by atoms with van der Waals surface area (Å²) in [4.78, 5) is 23.1. The van der Waals surface area contributed by atoms with Crippen LogP contribution in [0.4, 0.5) is 5.69 Å². The number of nitrogens with one attached hydrogen (secondary N) is 2. The Bertz CT molecular complexity index is 858. The van der Waals surface area contributed by atoms with E-state index in [1.165, 1.54) is 29.7 Å². The van der Waals surface area contributed by atoms with Gasteiger partial charge >= 0.3 is 0 Å². The summed E-state index contributed by atoms with van der Waals surface area (Å²) in [6.07, 6.45) is 4.19. The van der Waals surface area contributed by atoms with E-state index < -0.39 is 4.92 Å². The third-order valence-electron chi connectivity index (χ3n) is 5.20.